The predicted molar refractivity (Wildman–Crippen MR) is 66.6 cm³/mol. The number of nitrogens with zero attached hydrogens (tertiary/aromatic N) is 1. The minimum atomic E-state index is -2.74. The maximum Gasteiger partial charge on any atom is 0.329 e. The first-order chi connectivity index (χ1) is 9.41. The Bertz CT molecular complexity index is 346. The molecule has 0 aliphatic heterocycles. The molecule has 20 heavy (non-hydrogen) atoms. The number of carboxylic acids is 1. The van der Waals surface area contributed by atoms with Crippen LogP contribution in [0.2, 0.25) is 0 Å². The standard InChI is InChI=1S/C12H20F2N2O4/c13-9(14)8-16(6-7-17)11(20)15-12(10(18)19)4-2-1-3-5-12/h9,17H,1-8H2,(H,15,20)(H,18,19). The number of aliphatic carboxylic acids is 1. The van der Waals surface area contributed by atoms with E-state index in [1.54, 1.807) is 0 Å². The van der Waals surface area contributed by atoms with Crippen LogP contribution >= 0.6 is 0 Å². The Morgan fingerprint density at radius 1 is 1.25 bits per heavy atom. The van der Waals surface area contributed by atoms with Gasteiger partial charge in [-0.25, -0.2) is 18.4 Å². The zero-order valence-corrected chi connectivity index (χ0v) is 11.1. The number of urea groups is 1. The molecule has 116 valence electrons. The highest BCUT2D eigenvalue weighted by molar-refractivity contribution is 5.86. The minimum absolute atomic E-state index is 0.258. The highest BCUT2D eigenvalue weighted by Gasteiger charge is 2.41. The molecule has 0 aromatic rings. The molecule has 0 atom stereocenters. The number of hydrogen-bond acceptors (Lipinski definition) is 3. The molecular weight excluding hydrogens is 274 g/mol. The Kier molecular flexibility index (Phi) is 6.12. The van der Waals surface area contributed by atoms with E-state index in [9.17, 15) is 23.5 Å². The van der Waals surface area contributed by atoms with Crippen molar-refractivity contribution in [3.8, 4) is 0 Å². The summed E-state index contributed by atoms with van der Waals surface area (Å²) in [5.41, 5.74) is -1.38. The highest BCUT2D eigenvalue weighted by Crippen LogP contribution is 2.28. The Hall–Kier alpha value is -1.44. The molecule has 8 heteroatoms. The van der Waals surface area contributed by atoms with E-state index in [1.807, 2.05) is 0 Å². The molecular formula is C12H20F2N2O4. The third kappa shape index (κ3) is 4.29. The van der Waals surface area contributed by atoms with Gasteiger partial charge in [0.05, 0.1) is 13.2 Å². The fourth-order valence-electron chi connectivity index (χ4n) is 2.39. The molecule has 1 fully saturated rings. The van der Waals surface area contributed by atoms with Gasteiger partial charge in [-0.3, -0.25) is 0 Å². The van der Waals surface area contributed by atoms with Crippen molar-refractivity contribution >= 4 is 12.0 Å². The van der Waals surface area contributed by atoms with E-state index in [-0.39, 0.29) is 19.4 Å². The number of aliphatic hydroxyl groups excluding tert-OH is 1. The van der Waals surface area contributed by atoms with Crippen LogP contribution in [0.3, 0.4) is 0 Å². The number of hydrogen-bond donors (Lipinski definition) is 3. The molecule has 1 aliphatic rings. The largest absolute Gasteiger partial charge is 0.480 e. The number of aliphatic hydroxyl groups is 1. The Balaban J connectivity index is 2.75. The fourth-order valence-corrected chi connectivity index (χ4v) is 2.39. The van der Waals surface area contributed by atoms with Crippen LogP contribution in [-0.2, 0) is 4.79 Å². The summed E-state index contributed by atoms with van der Waals surface area (Å²) in [5, 5.41) is 20.5. The van der Waals surface area contributed by atoms with Gasteiger partial charge in [0.15, 0.2) is 0 Å². The molecule has 0 aromatic heterocycles. The van der Waals surface area contributed by atoms with E-state index in [2.05, 4.69) is 5.32 Å². The lowest BCUT2D eigenvalue weighted by Crippen LogP contribution is -2.59. The first kappa shape index (κ1) is 16.6. The van der Waals surface area contributed by atoms with Crippen LogP contribution < -0.4 is 5.32 Å². The molecule has 0 unspecified atom stereocenters. The monoisotopic (exact) mass is 294 g/mol. The van der Waals surface area contributed by atoms with Crippen molar-refractivity contribution in [2.24, 2.45) is 0 Å². The van der Waals surface area contributed by atoms with Crippen molar-refractivity contribution < 1.29 is 28.6 Å². The molecule has 0 heterocycles. The lowest BCUT2D eigenvalue weighted by Gasteiger charge is -2.36. The van der Waals surface area contributed by atoms with Crippen LogP contribution in [0.5, 0.6) is 0 Å². The van der Waals surface area contributed by atoms with Crippen LogP contribution in [0, 0.1) is 0 Å². The summed E-state index contributed by atoms with van der Waals surface area (Å²) in [5.74, 6) is -1.15. The van der Waals surface area contributed by atoms with Gasteiger partial charge in [-0.2, -0.15) is 0 Å². The van der Waals surface area contributed by atoms with Crippen LogP contribution in [0.25, 0.3) is 0 Å². The normalized spacial score (nSPS) is 17.8. The molecule has 3 N–H and O–H groups in total. The molecule has 1 aliphatic carbocycles. The van der Waals surface area contributed by atoms with E-state index in [1.165, 1.54) is 0 Å². The van der Waals surface area contributed by atoms with E-state index in [0.29, 0.717) is 12.8 Å². The van der Waals surface area contributed by atoms with E-state index in [4.69, 9.17) is 5.11 Å². The summed E-state index contributed by atoms with van der Waals surface area (Å²) >= 11 is 0. The number of carboxylic acid groups (broad SMARTS) is 1. The average molecular weight is 294 g/mol. The van der Waals surface area contributed by atoms with Crippen molar-refractivity contribution in [1.29, 1.82) is 0 Å². The van der Waals surface area contributed by atoms with Gasteiger partial charge in [-0.05, 0) is 12.8 Å². The first-order valence-electron chi connectivity index (χ1n) is 6.61. The molecule has 0 saturated heterocycles. The summed E-state index contributed by atoms with van der Waals surface area (Å²) < 4.78 is 24.8. The number of carbonyl (C=O) groups excluding carboxylic acids is 1. The molecule has 1 saturated carbocycles. The SMILES string of the molecule is O=C(NC1(C(=O)O)CCCCC1)N(CCO)CC(F)F. The van der Waals surface area contributed by atoms with Crippen LogP contribution in [0.1, 0.15) is 32.1 Å². The van der Waals surface area contributed by atoms with Gasteiger partial charge in [0.25, 0.3) is 6.43 Å². The second-order valence-electron chi connectivity index (χ2n) is 4.94. The van der Waals surface area contributed by atoms with E-state index in [0.717, 1.165) is 11.3 Å². The van der Waals surface area contributed by atoms with Crippen LogP contribution in [-0.4, -0.2) is 58.8 Å². The smallest absolute Gasteiger partial charge is 0.329 e. The van der Waals surface area contributed by atoms with Gasteiger partial charge in [0, 0.05) is 6.54 Å². The molecule has 6 nitrogen and oxygen atoms in total. The number of rotatable bonds is 6. The Morgan fingerprint density at radius 2 is 1.85 bits per heavy atom. The second-order valence-corrected chi connectivity index (χ2v) is 4.94. The second kappa shape index (κ2) is 7.37. The van der Waals surface area contributed by atoms with Crippen molar-refractivity contribution in [3.05, 3.63) is 0 Å². The van der Waals surface area contributed by atoms with Crippen molar-refractivity contribution in [2.45, 2.75) is 44.1 Å². The molecule has 2 amide bonds. The third-order valence-corrected chi connectivity index (χ3v) is 3.48. The van der Waals surface area contributed by atoms with Gasteiger partial charge in [-0.1, -0.05) is 19.3 Å². The van der Waals surface area contributed by atoms with Crippen molar-refractivity contribution in [2.75, 3.05) is 19.7 Å². The van der Waals surface area contributed by atoms with Crippen molar-refractivity contribution in [3.63, 3.8) is 0 Å². The van der Waals surface area contributed by atoms with Gasteiger partial charge >= 0.3 is 12.0 Å². The quantitative estimate of drug-likeness (QED) is 0.683. The molecule has 0 radical (unpaired) electrons. The number of halogens is 2. The zero-order chi connectivity index (χ0) is 15.2. The molecule has 0 bridgehead atoms. The minimum Gasteiger partial charge on any atom is -0.480 e. The van der Waals surface area contributed by atoms with E-state index >= 15 is 0 Å². The average Bonchev–Trinajstić information content (AvgIpc) is 2.38. The van der Waals surface area contributed by atoms with E-state index < -0.39 is 37.1 Å². The summed E-state index contributed by atoms with van der Waals surface area (Å²) in [7, 11) is 0. The van der Waals surface area contributed by atoms with Crippen molar-refractivity contribution in [1.82, 2.24) is 10.2 Å². The van der Waals surface area contributed by atoms with Gasteiger partial charge in [0.1, 0.15) is 5.54 Å². The summed E-state index contributed by atoms with van der Waals surface area (Å²) in [6, 6.07) is -0.872. The fraction of sp³-hybridized carbons (Fsp3) is 0.833. The lowest BCUT2D eigenvalue weighted by molar-refractivity contribution is -0.146. The summed E-state index contributed by atoms with van der Waals surface area (Å²) in [6.07, 6.45) is 0.0655. The number of nitrogens with one attached hydrogen (secondary N) is 1. The molecule has 1 rings (SSSR count). The lowest BCUT2D eigenvalue weighted by atomic mass is 9.82. The summed E-state index contributed by atoms with van der Waals surface area (Å²) in [6.45, 7) is -1.55. The van der Waals surface area contributed by atoms with Gasteiger partial charge in [-0.15, -0.1) is 0 Å². The number of amides is 2. The Morgan fingerprint density at radius 3 is 2.30 bits per heavy atom. The van der Waals surface area contributed by atoms with Crippen LogP contribution in [0.15, 0.2) is 0 Å². The topological polar surface area (TPSA) is 89.9 Å². The van der Waals surface area contributed by atoms with Gasteiger partial charge in [0.2, 0.25) is 0 Å². The molecule has 0 spiro atoms. The number of alkyl halides is 2. The van der Waals surface area contributed by atoms with Crippen LogP contribution in [0.4, 0.5) is 13.6 Å². The third-order valence-electron chi connectivity index (χ3n) is 3.48. The van der Waals surface area contributed by atoms with Gasteiger partial charge < -0.3 is 20.4 Å². The maximum atomic E-state index is 12.4. The summed E-state index contributed by atoms with van der Waals surface area (Å²) in [4.78, 5) is 24.1. The number of carbonyl (C=O) groups is 2. The maximum absolute atomic E-state index is 12.4. The highest BCUT2D eigenvalue weighted by atomic mass is 19.3. The molecule has 0 aromatic carbocycles. The Labute approximate surface area is 115 Å². The zero-order valence-electron chi connectivity index (χ0n) is 11.1. The predicted octanol–water partition coefficient (Wildman–Crippen LogP) is 1.04. The first-order valence-corrected chi connectivity index (χ1v) is 6.61.